The van der Waals surface area contributed by atoms with E-state index in [0.29, 0.717) is 0 Å². The molecule has 0 heterocycles. The minimum absolute atomic E-state index is 1.16. The van der Waals surface area contributed by atoms with Crippen molar-refractivity contribution in [2.24, 2.45) is 0 Å². The SMILES string of the molecule is CCCCc1ccccc1CCCCCCCBr. The first-order valence-electron chi connectivity index (χ1n) is 7.51. The number of aryl methyl sites for hydroxylation is 2. The zero-order valence-corrected chi connectivity index (χ0v) is 13.3. The van der Waals surface area contributed by atoms with Gasteiger partial charge in [0.2, 0.25) is 0 Å². The zero-order chi connectivity index (χ0) is 13.1. The first kappa shape index (κ1) is 15.8. The van der Waals surface area contributed by atoms with Crippen LogP contribution in [0.2, 0.25) is 0 Å². The second-order valence-electron chi connectivity index (χ2n) is 5.08. The highest BCUT2D eigenvalue weighted by Crippen LogP contribution is 2.16. The third-order valence-corrected chi connectivity index (χ3v) is 4.06. The van der Waals surface area contributed by atoms with E-state index in [-0.39, 0.29) is 0 Å². The molecule has 0 spiro atoms. The summed E-state index contributed by atoms with van der Waals surface area (Å²) in [5, 5.41) is 1.16. The van der Waals surface area contributed by atoms with Gasteiger partial charge in [0.1, 0.15) is 0 Å². The number of benzene rings is 1. The van der Waals surface area contributed by atoms with Crippen molar-refractivity contribution >= 4 is 15.9 Å². The predicted molar refractivity (Wildman–Crippen MR) is 85.6 cm³/mol. The molecule has 0 nitrogen and oxygen atoms in total. The predicted octanol–water partition coefficient (Wildman–Crippen LogP) is 5.92. The Kier molecular flexibility index (Phi) is 9.28. The number of unbranched alkanes of at least 4 members (excludes halogenated alkanes) is 5. The Morgan fingerprint density at radius 3 is 1.94 bits per heavy atom. The number of hydrogen-bond acceptors (Lipinski definition) is 0. The molecule has 0 unspecified atom stereocenters. The normalized spacial score (nSPS) is 10.8. The van der Waals surface area contributed by atoms with Crippen LogP contribution >= 0.6 is 15.9 Å². The minimum atomic E-state index is 1.16. The molecule has 0 radical (unpaired) electrons. The van der Waals surface area contributed by atoms with E-state index < -0.39 is 0 Å². The van der Waals surface area contributed by atoms with Crippen LogP contribution in [-0.2, 0) is 12.8 Å². The highest BCUT2D eigenvalue weighted by Gasteiger charge is 2.01. The largest absolute Gasteiger partial charge is 0.0928 e. The maximum absolute atomic E-state index is 3.49. The molecule has 0 bridgehead atoms. The van der Waals surface area contributed by atoms with Gasteiger partial charge in [0.05, 0.1) is 0 Å². The Hall–Kier alpha value is -0.300. The van der Waals surface area contributed by atoms with E-state index in [9.17, 15) is 0 Å². The number of rotatable bonds is 10. The van der Waals surface area contributed by atoms with Crippen LogP contribution in [0.3, 0.4) is 0 Å². The average molecular weight is 311 g/mol. The average Bonchev–Trinajstić information content (AvgIpc) is 2.41. The van der Waals surface area contributed by atoms with Crippen molar-refractivity contribution in [1.29, 1.82) is 0 Å². The van der Waals surface area contributed by atoms with Crippen molar-refractivity contribution in [3.8, 4) is 0 Å². The molecular formula is C17H27Br. The van der Waals surface area contributed by atoms with Crippen molar-refractivity contribution in [3.63, 3.8) is 0 Å². The molecule has 1 aromatic rings. The van der Waals surface area contributed by atoms with Crippen LogP contribution in [-0.4, -0.2) is 5.33 Å². The minimum Gasteiger partial charge on any atom is -0.0928 e. The van der Waals surface area contributed by atoms with Gasteiger partial charge in [-0.2, -0.15) is 0 Å². The molecule has 0 N–H and O–H groups in total. The lowest BCUT2D eigenvalue weighted by Gasteiger charge is -2.09. The fraction of sp³-hybridized carbons (Fsp3) is 0.647. The summed E-state index contributed by atoms with van der Waals surface area (Å²) in [6, 6.07) is 9.01. The van der Waals surface area contributed by atoms with Crippen molar-refractivity contribution in [1.82, 2.24) is 0 Å². The fourth-order valence-electron chi connectivity index (χ4n) is 2.35. The molecule has 0 aliphatic heterocycles. The molecule has 0 atom stereocenters. The molecule has 1 heteroatoms. The van der Waals surface area contributed by atoms with E-state index in [1.807, 2.05) is 0 Å². The summed E-state index contributed by atoms with van der Waals surface area (Å²) in [6.07, 6.45) is 12.0. The van der Waals surface area contributed by atoms with Crippen molar-refractivity contribution in [3.05, 3.63) is 35.4 Å². The summed E-state index contributed by atoms with van der Waals surface area (Å²) in [4.78, 5) is 0. The van der Waals surface area contributed by atoms with Gasteiger partial charge in [0, 0.05) is 5.33 Å². The summed E-state index contributed by atoms with van der Waals surface area (Å²) < 4.78 is 0. The highest BCUT2D eigenvalue weighted by atomic mass is 79.9. The topological polar surface area (TPSA) is 0 Å². The van der Waals surface area contributed by atoms with Crippen LogP contribution < -0.4 is 0 Å². The van der Waals surface area contributed by atoms with E-state index in [1.165, 1.54) is 57.8 Å². The van der Waals surface area contributed by atoms with Gasteiger partial charge in [-0.25, -0.2) is 0 Å². The van der Waals surface area contributed by atoms with Crippen molar-refractivity contribution < 1.29 is 0 Å². The molecule has 0 fully saturated rings. The number of hydrogen-bond donors (Lipinski definition) is 0. The van der Waals surface area contributed by atoms with Gasteiger partial charge in [-0.3, -0.25) is 0 Å². The Morgan fingerprint density at radius 1 is 0.778 bits per heavy atom. The molecule has 0 aromatic heterocycles. The maximum Gasteiger partial charge on any atom is 0.00313 e. The molecule has 0 saturated heterocycles. The Morgan fingerprint density at radius 2 is 1.33 bits per heavy atom. The van der Waals surface area contributed by atoms with Gasteiger partial charge in [0.15, 0.2) is 0 Å². The second kappa shape index (κ2) is 10.6. The summed E-state index contributed by atoms with van der Waals surface area (Å²) in [5.41, 5.74) is 3.17. The molecule has 0 aliphatic carbocycles. The van der Waals surface area contributed by atoms with Crippen LogP contribution in [0, 0.1) is 0 Å². The van der Waals surface area contributed by atoms with Gasteiger partial charge in [0.25, 0.3) is 0 Å². The number of halogens is 1. The third-order valence-electron chi connectivity index (χ3n) is 3.50. The molecule has 1 aromatic carbocycles. The molecular weight excluding hydrogens is 284 g/mol. The molecule has 1 rings (SSSR count). The Bertz CT molecular complexity index is 306. The smallest absolute Gasteiger partial charge is 0.00313 e. The Balaban J connectivity index is 2.27. The van der Waals surface area contributed by atoms with Crippen LogP contribution in [0.1, 0.15) is 63.0 Å². The van der Waals surface area contributed by atoms with Crippen LogP contribution in [0.15, 0.2) is 24.3 Å². The van der Waals surface area contributed by atoms with Crippen LogP contribution in [0.4, 0.5) is 0 Å². The van der Waals surface area contributed by atoms with E-state index >= 15 is 0 Å². The standard InChI is InChI=1S/C17H27Br/c1-2-3-11-16-13-8-9-14-17(16)12-7-5-4-6-10-15-18/h8-9,13-14H,2-7,10-12,15H2,1H3. The fourth-order valence-corrected chi connectivity index (χ4v) is 2.75. The van der Waals surface area contributed by atoms with E-state index in [4.69, 9.17) is 0 Å². The Labute approximate surface area is 121 Å². The lowest BCUT2D eigenvalue weighted by molar-refractivity contribution is 0.633. The van der Waals surface area contributed by atoms with E-state index in [1.54, 1.807) is 11.1 Å². The summed E-state index contributed by atoms with van der Waals surface area (Å²) >= 11 is 3.49. The maximum atomic E-state index is 3.49. The third kappa shape index (κ3) is 6.58. The molecule has 0 amide bonds. The lowest BCUT2D eigenvalue weighted by atomic mass is 9.97. The summed E-state index contributed by atoms with van der Waals surface area (Å²) in [6.45, 7) is 2.27. The molecule has 18 heavy (non-hydrogen) atoms. The first-order valence-corrected chi connectivity index (χ1v) is 8.63. The molecule has 0 saturated carbocycles. The van der Waals surface area contributed by atoms with Gasteiger partial charge >= 0.3 is 0 Å². The quantitative estimate of drug-likeness (QED) is 0.372. The summed E-state index contributed by atoms with van der Waals surface area (Å²) in [7, 11) is 0. The van der Waals surface area contributed by atoms with Crippen molar-refractivity contribution in [2.45, 2.75) is 64.7 Å². The van der Waals surface area contributed by atoms with E-state index in [0.717, 1.165) is 5.33 Å². The first-order chi connectivity index (χ1) is 8.88. The molecule has 0 aliphatic rings. The summed E-state index contributed by atoms with van der Waals surface area (Å²) in [5.74, 6) is 0. The van der Waals surface area contributed by atoms with Crippen LogP contribution in [0.25, 0.3) is 0 Å². The molecule has 102 valence electrons. The zero-order valence-electron chi connectivity index (χ0n) is 11.8. The number of alkyl halides is 1. The van der Waals surface area contributed by atoms with Gasteiger partial charge in [-0.05, 0) is 43.2 Å². The van der Waals surface area contributed by atoms with E-state index in [2.05, 4.69) is 47.1 Å². The van der Waals surface area contributed by atoms with Gasteiger partial charge < -0.3 is 0 Å². The van der Waals surface area contributed by atoms with Gasteiger partial charge in [-0.15, -0.1) is 0 Å². The highest BCUT2D eigenvalue weighted by molar-refractivity contribution is 9.09. The lowest BCUT2D eigenvalue weighted by Crippen LogP contribution is -1.94. The van der Waals surface area contributed by atoms with Gasteiger partial charge in [-0.1, -0.05) is 72.8 Å². The van der Waals surface area contributed by atoms with Crippen LogP contribution in [0.5, 0.6) is 0 Å². The van der Waals surface area contributed by atoms with Crippen molar-refractivity contribution in [2.75, 3.05) is 5.33 Å². The monoisotopic (exact) mass is 310 g/mol. The second-order valence-corrected chi connectivity index (χ2v) is 5.87.